The van der Waals surface area contributed by atoms with Gasteiger partial charge in [-0.05, 0) is 12.1 Å². The van der Waals surface area contributed by atoms with E-state index in [9.17, 15) is 13.2 Å². The molecule has 0 saturated heterocycles. The van der Waals surface area contributed by atoms with Crippen LogP contribution in [0.15, 0.2) is 42.9 Å². The number of anilines is 1. The lowest BCUT2D eigenvalue weighted by molar-refractivity contribution is 0.446. The standard InChI is InChI=1S/C14H9F3N4/c15-10-5-9(6-11(16)13(10)17)21-7-12(18)14(20-21)8-1-3-19-4-2-8/h1-7H,18H2. The summed E-state index contributed by atoms with van der Waals surface area (Å²) in [6.45, 7) is 0. The number of nitrogen functional groups attached to an aromatic ring is 1. The van der Waals surface area contributed by atoms with Crippen molar-refractivity contribution >= 4 is 5.69 Å². The molecule has 0 bridgehead atoms. The highest BCUT2D eigenvalue weighted by Crippen LogP contribution is 2.25. The fourth-order valence-electron chi connectivity index (χ4n) is 1.93. The van der Waals surface area contributed by atoms with Crippen LogP contribution in [0.5, 0.6) is 0 Å². The third-order valence-corrected chi connectivity index (χ3v) is 2.93. The summed E-state index contributed by atoms with van der Waals surface area (Å²) in [4.78, 5) is 3.88. The SMILES string of the molecule is Nc1cn(-c2cc(F)c(F)c(F)c2)nc1-c1ccncc1. The highest BCUT2D eigenvalue weighted by Gasteiger charge is 2.14. The molecule has 2 N–H and O–H groups in total. The Morgan fingerprint density at radius 2 is 1.62 bits per heavy atom. The van der Waals surface area contributed by atoms with E-state index < -0.39 is 17.5 Å². The Labute approximate surface area is 117 Å². The van der Waals surface area contributed by atoms with E-state index in [1.807, 2.05) is 0 Å². The number of aromatic nitrogens is 3. The van der Waals surface area contributed by atoms with Gasteiger partial charge in [0.15, 0.2) is 17.5 Å². The van der Waals surface area contributed by atoms with Crippen molar-refractivity contribution in [3.63, 3.8) is 0 Å². The van der Waals surface area contributed by atoms with E-state index in [0.717, 1.165) is 12.1 Å². The summed E-state index contributed by atoms with van der Waals surface area (Å²) < 4.78 is 40.7. The van der Waals surface area contributed by atoms with Gasteiger partial charge in [-0.1, -0.05) is 0 Å². The largest absolute Gasteiger partial charge is 0.396 e. The predicted molar refractivity (Wildman–Crippen MR) is 71.1 cm³/mol. The van der Waals surface area contributed by atoms with Crippen molar-refractivity contribution in [3.8, 4) is 16.9 Å². The van der Waals surface area contributed by atoms with E-state index in [1.165, 1.54) is 10.9 Å². The fraction of sp³-hybridized carbons (Fsp3) is 0. The maximum absolute atomic E-state index is 13.3. The molecule has 4 nitrogen and oxygen atoms in total. The third kappa shape index (κ3) is 2.33. The number of pyridine rings is 1. The molecule has 0 radical (unpaired) electrons. The van der Waals surface area contributed by atoms with Crippen molar-refractivity contribution in [3.05, 3.63) is 60.3 Å². The maximum Gasteiger partial charge on any atom is 0.194 e. The lowest BCUT2D eigenvalue weighted by Crippen LogP contribution is -2.00. The Balaban J connectivity index is 2.10. The lowest BCUT2D eigenvalue weighted by Gasteiger charge is -2.03. The van der Waals surface area contributed by atoms with E-state index in [1.54, 1.807) is 24.5 Å². The second-order valence-corrected chi connectivity index (χ2v) is 4.34. The lowest BCUT2D eigenvalue weighted by atomic mass is 10.2. The summed E-state index contributed by atoms with van der Waals surface area (Å²) in [5.74, 6) is -4.10. The molecule has 106 valence electrons. The molecule has 2 aromatic heterocycles. The zero-order chi connectivity index (χ0) is 15.0. The highest BCUT2D eigenvalue weighted by atomic mass is 19.2. The minimum atomic E-state index is -1.52. The molecule has 0 aliphatic heterocycles. The van der Waals surface area contributed by atoms with Gasteiger partial charge in [-0.25, -0.2) is 17.9 Å². The fourth-order valence-corrected chi connectivity index (χ4v) is 1.93. The van der Waals surface area contributed by atoms with Gasteiger partial charge >= 0.3 is 0 Å². The van der Waals surface area contributed by atoms with Gasteiger partial charge in [-0.2, -0.15) is 5.10 Å². The van der Waals surface area contributed by atoms with Crippen molar-refractivity contribution in [2.24, 2.45) is 0 Å². The number of rotatable bonds is 2. The summed E-state index contributed by atoms with van der Waals surface area (Å²) in [5, 5.41) is 4.17. The molecule has 0 amide bonds. The smallest absolute Gasteiger partial charge is 0.194 e. The molecule has 0 unspecified atom stereocenters. The van der Waals surface area contributed by atoms with Crippen LogP contribution in [0.2, 0.25) is 0 Å². The monoisotopic (exact) mass is 290 g/mol. The molecule has 0 aliphatic rings. The Bertz CT molecular complexity index is 776. The van der Waals surface area contributed by atoms with Gasteiger partial charge in [-0.15, -0.1) is 0 Å². The van der Waals surface area contributed by atoms with Crippen LogP contribution in [0.3, 0.4) is 0 Å². The van der Waals surface area contributed by atoms with Gasteiger partial charge in [0.05, 0.1) is 17.6 Å². The van der Waals surface area contributed by atoms with Crippen LogP contribution < -0.4 is 5.73 Å². The molecule has 7 heteroatoms. The Morgan fingerprint density at radius 1 is 1.00 bits per heavy atom. The number of hydrogen-bond donors (Lipinski definition) is 1. The Hall–Kier alpha value is -2.83. The van der Waals surface area contributed by atoms with Crippen molar-refractivity contribution in [2.75, 3.05) is 5.73 Å². The number of nitrogens with two attached hydrogens (primary N) is 1. The van der Waals surface area contributed by atoms with Crippen LogP contribution in [0.25, 0.3) is 16.9 Å². The molecular weight excluding hydrogens is 281 g/mol. The molecule has 0 aliphatic carbocycles. The normalized spacial score (nSPS) is 10.8. The topological polar surface area (TPSA) is 56.7 Å². The van der Waals surface area contributed by atoms with Crippen LogP contribution in [-0.2, 0) is 0 Å². The van der Waals surface area contributed by atoms with Crippen LogP contribution in [-0.4, -0.2) is 14.8 Å². The average molecular weight is 290 g/mol. The van der Waals surface area contributed by atoms with Gasteiger partial charge < -0.3 is 5.73 Å². The maximum atomic E-state index is 13.3. The number of benzene rings is 1. The number of halogens is 3. The second kappa shape index (κ2) is 4.93. The summed E-state index contributed by atoms with van der Waals surface area (Å²) in [7, 11) is 0. The highest BCUT2D eigenvalue weighted by molar-refractivity contribution is 5.72. The summed E-state index contributed by atoms with van der Waals surface area (Å²) >= 11 is 0. The Morgan fingerprint density at radius 3 is 2.24 bits per heavy atom. The van der Waals surface area contributed by atoms with Crippen LogP contribution in [0.4, 0.5) is 18.9 Å². The minimum absolute atomic E-state index is 0.0402. The van der Waals surface area contributed by atoms with E-state index in [-0.39, 0.29) is 5.69 Å². The molecule has 3 rings (SSSR count). The second-order valence-electron chi connectivity index (χ2n) is 4.34. The van der Waals surface area contributed by atoms with Crippen molar-refractivity contribution in [1.29, 1.82) is 0 Å². The van der Waals surface area contributed by atoms with Gasteiger partial charge in [-0.3, -0.25) is 4.98 Å². The molecular formula is C14H9F3N4. The zero-order valence-electron chi connectivity index (χ0n) is 10.6. The van der Waals surface area contributed by atoms with Gasteiger partial charge in [0.1, 0.15) is 5.69 Å². The average Bonchev–Trinajstić information content (AvgIpc) is 2.87. The summed E-state index contributed by atoms with van der Waals surface area (Å²) in [6, 6.07) is 5.10. The number of nitrogens with zero attached hydrogens (tertiary/aromatic N) is 3. The zero-order valence-corrected chi connectivity index (χ0v) is 10.6. The molecule has 21 heavy (non-hydrogen) atoms. The molecule has 0 saturated carbocycles. The van der Waals surface area contributed by atoms with Crippen molar-refractivity contribution in [2.45, 2.75) is 0 Å². The van der Waals surface area contributed by atoms with Gasteiger partial charge in [0, 0.05) is 30.1 Å². The first kappa shape index (κ1) is 13.2. The van der Waals surface area contributed by atoms with E-state index >= 15 is 0 Å². The predicted octanol–water partition coefficient (Wildman–Crippen LogP) is 2.93. The molecule has 0 spiro atoms. The summed E-state index contributed by atoms with van der Waals surface area (Å²) in [5.41, 5.74) is 7.38. The molecule has 2 heterocycles. The van der Waals surface area contributed by atoms with E-state index in [4.69, 9.17) is 5.73 Å². The van der Waals surface area contributed by atoms with E-state index in [0.29, 0.717) is 16.9 Å². The number of hydrogen-bond acceptors (Lipinski definition) is 3. The van der Waals surface area contributed by atoms with Crippen LogP contribution in [0, 0.1) is 17.5 Å². The Kier molecular flexibility index (Phi) is 3.09. The van der Waals surface area contributed by atoms with Gasteiger partial charge in [0.2, 0.25) is 0 Å². The molecule has 0 atom stereocenters. The first-order chi connectivity index (χ1) is 10.1. The first-order valence-electron chi connectivity index (χ1n) is 5.96. The van der Waals surface area contributed by atoms with Crippen molar-refractivity contribution < 1.29 is 13.2 Å². The van der Waals surface area contributed by atoms with Crippen LogP contribution in [0.1, 0.15) is 0 Å². The quantitative estimate of drug-likeness (QED) is 0.738. The third-order valence-electron chi connectivity index (χ3n) is 2.93. The molecule has 1 aromatic carbocycles. The van der Waals surface area contributed by atoms with Gasteiger partial charge in [0.25, 0.3) is 0 Å². The van der Waals surface area contributed by atoms with Crippen LogP contribution >= 0.6 is 0 Å². The minimum Gasteiger partial charge on any atom is -0.396 e. The molecule has 0 fully saturated rings. The molecule has 3 aromatic rings. The van der Waals surface area contributed by atoms with Crippen molar-refractivity contribution in [1.82, 2.24) is 14.8 Å². The first-order valence-corrected chi connectivity index (χ1v) is 5.96. The van der Waals surface area contributed by atoms with E-state index in [2.05, 4.69) is 10.1 Å². The summed E-state index contributed by atoms with van der Waals surface area (Å²) in [6.07, 6.45) is 4.55.